The molecular formula is C14H20N2O4. The monoisotopic (exact) mass is 280 g/mol. The van der Waals surface area contributed by atoms with Crippen LogP contribution >= 0.6 is 0 Å². The molecule has 110 valence electrons. The summed E-state index contributed by atoms with van der Waals surface area (Å²) >= 11 is 0. The molecule has 20 heavy (non-hydrogen) atoms. The molecule has 0 fully saturated rings. The van der Waals surface area contributed by atoms with E-state index in [0.717, 1.165) is 0 Å². The molecule has 2 N–H and O–H groups in total. The third-order valence-electron chi connectivity index (χ3n) is 2.55. The van der Waals surface area contributed by atoms with E-state index in [1.807, 2.05) is 6.92 Å². The lowest BCUT2D eigenvalue weighted by atomic mass is 10.3. The minimum absolute atomic E-state index is 0.143. The Morgan fingerprint density at radius 3 is 2.35 bits per heavy atom. The Morgan fingerprint density at radius 2 is 1.80 bits per heavy atom. The quantitative estimate of drug-likeness (QED) is 0.771. The van der Waals surface area contributed by atoms with Crippen molar-refractivity contribution < 1.29 is 19.1 Å². The largest absolute Gasteiger partial charge is 0.497 e. The van der Waals surface area contributed by atoms with Gasteiger partial charge < -0.3 is 20.1 Å². The Morgan fingerprint density at radius 1 is 1.20 bits per heavy atom. The summed E-state index contributed by atoms with van der Waals surface area (Å²) in [5.74, 6) is 0.711. The molecule has 0 saturated carbocycles. The van der Waals surface area contributed by atoms with Gasteiger partial charge in [-0.3, -0.25) is 9.59 Å². The van der Waals surface area contributed by atoms with E-state index in [2.05, 4.69) is 10.6 Å². The van der Waals surface area contributed by atoms with Crippen LogP contribution < -0.4 is 20.1 Å². The molecule has 1 rings (SSSR count). The van der Waals surface area contributed by atoms with Gasteiger partial charge in [0.05, 0.1) is 7.11 Å². The number of hydrogen-bond donors (Lipinski definition) is 2. The van der Waals surface area contributed by atoms with Gasteiger partial charge in [0.25, 0.3) is 5.91 Å². The van der Waals surface area contributed by atoms with Gasteiger partial charge >= 0.3 is 0 Å². The van der Waals surface area contributed by atoms with Crippen LogP contribution in [0.3, 0.4) is 0 Å². The molecule has 1 atom stereocenters. The summed E-state index contributed by atoms with van der Waals surface area (Å²) in [5, 5.41) is 5.19. The number of methoxy groups -OCH3 is 1. The molecule has 0 aliphatic heterocycles. The van der Waals surface area contributed by atoms with Crippen LogP contribution in [0.4, 0.5) is 0 Å². The predicted octanol–water partition coefficient (Wildman–Crippen LogP) is 0.715. The van der Waals surface area contributed by atoms with Gasteiger partial charge in [-0.05, 0) is 38.1 Å². The average molecular weight is 280 g/mol. The number of likely N-dealkylation sites (N-methyl/N-ethyl adjacent to an activating group) is 1. The van der Waals surface area contributed by atoms with E-state index in [1.54, 1.807) is 38.3 Å². The third-order valence-corrected chi connectivity index (χ3v) is 2.55. The Bertz CT molecular complexity index is 445. The smallest absolute Gasteiger partial charge is 0.258 e. The van der Waals surface area contributed by atoms with Crippen molar-refractivity contribution in [3.8, 4) is 11.5 Å². The summed E-state index contributed by atoms with van der Waals surface area (Å²) < 4.78 is 10.3. The van der Waals surface area contributed by atoms with Gasteiger partial charge in [0.15, 0.2) is 6.61 Å². The molecule has 0 unspecified atom stereocenters. The van der Waals surface area contributed by atoms with Gasteiger partial charge in [0, 0.05) is 6.54 Å². The van der Waals surface area contributed by atoms with Crippen LogP contribution in [0.25, 0.3) is 0 Å². The number of carbonyl (C=O) groups excluding carboxylic acids is 2. The zero-order valence-electron chi connectivity index (χ0n) is 11.9. The van der Waals surface area contributed by atoms with E-state index in [-0.39, 0.29) is 18.4 Å². The minimum Gasteiger partial charge on any atom is -0.497 e. The Hall–Kier alpha value is -2.24. The summed E-state index contributed by atoms with van der Waals surface area (Å²) in [5.41, 5.74) is 0. The zero-order valence-corrected chi connectivity index (χ0v) is 11.9. The summed E-state index contributed by atoms with van der Waals surface area (Å²) in [6.45, 7) is 3.83. The maximum absolute atomic E-state index is 11.6. The van der Waals surface area contributed by atoms with E-state index >= 15 is 0 Å². The van der Waals surface area contributed by atoms with Gasteiger partial charge in [0.2, 0.25) is 5.91 Å². The summed E-state index contributed by atoms with van der Waals surface area (Å²) in [4.78, 5) is 23.1. The molecule has 0 aliphatic carbocycles. The number of hydrogen-bond acceptors (Lipinski definition) is 4. The number of nitrogens with one attached hydrogen (secondary N) is 2. The number of amides is 2. The van der Waals surface area contributed by atoms with Gasteiger partial charge in [-0.2, -0.15) is 0 Å². The summed E-state index contributed by atoms with van der Waals surface area (Å²) in [6, 6.07) is 6.32. The minimum atomic E-state index is -0.582. The Labute approximate surface area is 118 Å². The molecule has 6 heteroatoms. The van der Waals surface area contributed by atoms with E-state index in [1.165, 1.54) is 0 Å². The van der Waals surface area contributed by atoms with Crippen molar-refractivity contribution in [3.63, 3.8) is 0 Å². The van der Waals surface area contributed by atoms with Crippen molar-refractivity contribution in [3.05, 3.63) is 24.3 Å². The van der Waals surface area contributed by atoms with Crippen LogP contribution in [0.1, 0.15) is 13.8 Å². The fourth-order valence-electron chi connectivity index (χ4n) is 1.50. The second-order valence-corrected chi connectivity index (χ2v) is 4.15. The molecule has 0 saturated heterocycles. The lowest BCUT2D eigenvalue weighted by Gasteiger charge is -2.13. The molecule has 0 heterocycles. The van der Waals surface area contributed by atoms with E-state index in [4.69, 9.17) is 9.47 Å². The number of carbonyl (C=O) groups is 2. The lowest BCUT2D eigenvalue weighted by Crippen LogP contribution is -2.46. The van der Waals surface area contributed by atoms with Crippen LogP contribution in [0, 0.1) is 0 Å². The summed E-state index contributed by atoms with van der Waals surface area (Å²) in [6.07, 6.45) is 0. The second-order valence-electron chi connectivity index (χ2n) is 4.15. The number of benzene rings is 1. The van der Waals surface area contributed by atoms with Crippen LogP contribution in [-0.4, -0.2) is 38.1 Å². The topological polar surface area (TPSA) is 76.7 Å². The van der Waals surface area contributed by atoms with E-state index in [9.17, 15) is 9.59 Å². The fourth-order valence-corrected chi connectivity index (χ4v) is 1.50. The Balaban J connectivity index is 2.37. The molecule has 6 nitrogen and oxygen atoms in total. The highest BCUT2D eigenvalue weighted by atomic mass is 16.5. The Kier molecular flexibility index (Phi) is 6.36. The second kappa shape index (κ2) is 8.04. The number of rotatable bonds is 7. The molecule has 2 amide bonds. The first kappa shape index (κ1) is 15.8. The molecule has 0 radical (unpaired) electrons. The van der Waals surface area contributed by atoms with Crippen molar-refractivity contribution in [1.82, 2.24) is 10.6 Å². The van der Waals surface area contributed by atoms with Crippen LogP contribution in [0.5, 0.6) is 11.5 Å². The first-order chi connectivity index (χ1) is 9.56. The average Bonchev–Trinajstić information content (AvgIpc) is 2.45. The van der Waals surface area contributed by atoms with Gasteiger partial charge in [-0.1, -0.05) is 0 Å². The maximum atomic E-state index is 11.6. The van der Waals surface area contributed by atoms with Crippen LogP contribution in [-0.2, 0) is 9.59 Å². The highest BCUT2D eigenvalue weighted by Gasteiger charge is 2.14. The van der Waals surface area contributed by atoms with Gasteiger partial charge in [-0.15, -0.1) is 0 Å². The molecule has 0 bridgehead atoms. The van der Waals surface area contributed by atoms with Crippen molar-refractivity contribution in [1.29, 1.82) is 0 Å². The molecule has 0 aliphatic rings. The van der Waals surface area contributed by atoms with Gasteiger partial charge in [0.1, 0.15) is 17.5 Å². The van der Waals surface area contributed by atoms with Crippen LogP contribution in [0.15, 0.2) is 24.3 Å². The molecule has 1 aromatic rings. The SMILES string of the molecule is CCNC(=O)[C@H](C)NC(=O)COc1ccc(OC)cc1. The molecular weight excluding hydrogens is 260 g/mol. The van der Waals surface area contributed by atoms with Crippen molar-refractivity contribution in [2.45, 2.75) is 19.9 Å². The number of ether oxygens (including phenoxy) is 2. The van der Waals surface area contributed by atoms with E-state index in [0.29, 0.717) is 18.0 Å². The molecule has 1 aromatic carbocycles. The fraction of sp³-hybridized carbons (Fsp3) is 0.429. The van der Waals surface area contributed by atoms with Gasteiger partial charge in [-0.25, -0.2) is 0 Å². The van der Waals surface area contributed by atoms with Crippen LogP contribution in [0.2, 0.25) is 0 Å². The normalized spacial score (nSPS) is 11.3. The standard InChI is InChI=1S/C14H20N2O4/c1-4-15-14(18)10(2)16-13(17)9-20-12-7-5-11(19-3)6-8-12/h5-8,10H,4,9H2,1-3H3,(H,15,18)(H,16,17)/t10-/m0/s1. The van der Waals surface area contributed by atoms with Crippen molar-refractivity contribution in [2.75, 3.05) is 20.3 Å². The zero-order chi connectivity index (χ0) is 15.0. The summed E-state index contributed by atoms with van der Waals surface area (Å²) in [7, 11) is 1.58. The van der Waals surface area contributed by atoms with E-state index < -0.39 is 6.04 Å². The molecule has 0 aromatic heterocycles. The third kappa shape index (κ3) is 5.17. The predicted molar refractivity (Wildman–Crippen MR) is 74.8 cm³/mol. The first-order valence-corrected chi connectivity index (χ1v) is 6.40. The van der Waals surface area contributed by atoms with Crippen molar-refractivity contribution >= 4 is 11.8 Å². The maximum Gasteiger partial charge on any atom is 0.258 e. The highest BCUT2D eigenvalue weighted by molar-refractivity contribution is 5.87. The lowest BCUT2D eigenvalue weighted by molar-refractivity contribution is -0.129. The first-order valence-electron chi connectivity index (χ1n) is 6.40. The molecule has 0 spiro atoms. The highest BCUT2D eigenvalue weighted by Crippen LogP contribution is 2.16. The van der Waals surface area contributed by atoms with Crippen molar-refractivity contribution in [2.24, 2.45) is 0 Å².